The highest BCUT2D eigenvalue weighted by Gasteiger charge is 2.13. The Hall–Kier alpha value is -0.910. The number of ether oxygens (including phenoxy) is 1. The second-order valence-corrected chi connectivity index (χ2v) is 5.01. The number of hydrogen-bond donors (Lipinski definition) is 1. The fourth-order valence-electron chi connectivity index (χ4n) is 2.05. The van der Waals surface area contributed by atoms with Crippen LogP contribution in [0.1, 0.15) is 18.5 Å². The number of thiazole rings is 1. The normalized spacial score (nSPS) is 20.9. The van der Waals surface area contributed by atoms with Gasteiger partial charge in [0.15, 0.2) is 4.96 Å². The van der Waals surface area contributed by atoms with Gasteiger partial charge in [-0.25, -0.2) is 4.98 Å². The Morgan fingerprint density at radius 3 is 3.44 bits per heavy atom. The fraction of sp³-hybridized carbons (Fsp3) is 0.545. The van der Waals surface area contributed by atoms with E-state index in [9.17, 15) is 0 Å². The van der Waals surface area contributed by atoms with E-state index < -0.39 is 0 Å². The SMILES string of the molecule is c1cn2cc(COCC3CCCN3)nc2s1. The zero-order chi connectivity index (χ0) is 10.8. The van der Waals surface area contributed by atoms with E-state index in [0.717, 1.165) is 23.8 Å². The van der Waals surface area contributed by atoms with Gasteiger partial charge in [0.25, 0.3) is 0 Å². The second-order valence-electron chi connectivity index (χ2n) is 4.13. The van der Waals surface area contributed by atoms with Crippen molar-refractivity contribution in [1.82, 2.24) is 14.7 Å². The molecule has 0 radical (unpaired) electrons. The van der Waals surface area contributed by atoms with Crippen LogP contribution < -0.4 is 5.32 Å². The topological polar surface area (TPSA) is 38.6 Å². The molecule has 0 spiro atoms. The summed E-state index contributed by atoms with van der Waals surface area (Å²) in [4.78, 5) is 5.51. The molecule has 1 aliphatic rings. The van der Waals surface area contributed by atoms with Crippen LogP contribution in [0.2, 0.25) is 0 Å². The molecule has 1 N–H and O–H groups in total. The predicted molar refractivity (Wildman–Crippen MR) is 63.7 cm³/mol. The lowest BCUT2D eigenvalue weighted by Gasteiger charge is -2.09. The molecule has 2 aromatic rings. The Morgan fingerprint density at radius 2 is 2.62 bits per heavy atom. The molecule has 1 aliphatic heterocycles. The number of fused-ring (bicyclic) bond motifs is 1. The molecular formula is C11H15N3OS. The average Bonchev–Trinajstić information content (AvgIpc) is 2.91. The van der Waals surface area contributed by atoms with Crippen molar-refractivity contribution in [2.45, 2.75) is 25.5 Å². The third kappa shape index (κ3) is 2.11. The number of aromatic nitrogens is 2. The summed E-state index contributed by atoms with van der Waals surface area (Å²) in [7, 11) is 0. The van der Waals surface area contributed by atoms with E-state index in [1.54, 1.807) is 11.3 Å². The number of rotatable bonds is 4. The van der Waals surface area contributed by atoms with Gasteiger partial charge in [-0.15, -0.1) is 11.3 Å². The van der Waals surface area contributed by atoms with Gasteiger partial charge in [-0.2, -0.15) is 0 Å². The van der Waals surface area contributed by atoms with Crippen LogP contribution in [0.15, 0.2) is 17.8 Å². The Morgan fingerprint density at radius 1 is 1.62 bits per heavy atom. The van der Waals surface area contributed by atoms with Gasteiger partial charge in [-0.3, -0.25) is 4.40 Å². The summed E-state index contributed by atoms with van der Waals surface area (Å²) in [5.41, 5.74) is 1.02. The first-order chi connectivity index (χ1) is 7.92. The van der Waals surface area contributed by atoms with Crippen molar-refractivity contribution in [3.8, 4) is 0 Å². The van der Waals surface area contributed by atoms with E-state index in [0.29, 0.717) is 12.6 Å². The maximum atomic E-state index is 5.67. The first-order valence-electron chi connectivity index (χ1n) is 5.64. The van der Waals surface area contributed by atoms with E-state index in [-0.39, 0.29) is 0 Å². The lowest BCUT2D eigenvalue weighted by atomic mass is 10.2. The van der Waals surface area contributed by atoms with Crippen LogP contribution in [-0.2, 0) is 11.3 Å². The van der Waals surface area contributed by atoms with Gasteiger partial charge in [0.2, 0.25) is 0 Å². The Labute approximate surface area is 98.3 Å². The number of imidazole rings is 1. The zero-order valence-electron chi connectivity index (χ0n) is 9.06. The molecule has 0 aliphatic carbocycles. The molecule has 2 aromatic heterocycles. The minimum absolute atomic E-state index is 0.545. The van der Waals surface area contributed by atoms with Crippen molar-refractivity contribution >= 4 is 16.3 Å². The van der Waals surface area contributed by atoms with Gasteiger partial charge >= 0.3 is 0 Å². The minimum atomic E-state index is 0.545. The molecule has 5 heteroatoms. The molecule has 0 aromatic carbocycles. The van der Waals surface area contributed by atoms with Crippen LogP contribution in [0, 0.1) is 0 Å². The monoisotopic (exact) mass is 237 g/mol. The van der Waals surface area contributed by atoms with Crippen molar-refractivity contribution in [2.75, 3.05) is 13.2 Å². The van der Waals surface area contributed by atoms with Crippen LogP contribution in [0.5, 0.6) is 0 Å². The third-order valence-corrected chi connectivity index (χ3v) is 3.65. The molecule has 16 heavy (non-hydrogen) atoms. The van der Waals surface area contributed by atoms with Gasteiger partial charge in [0, 0.05) is 23.8 Å². The first-order valence-corrected chi connectivity index (χ1v) is 6.52. The Balaban J connectivity index is 1.52. The molecule has 0 bridgehead atoms. The van der Waals surface area contributed by atoms with Crippen molar-refractivity contribution in [3.05, 3.63) is 23.5 Å². The summed E-state index contributed by atoms with van der Waals surface area (Å²) < 4.78 is 7.71. The Bertz CT molecular complexity index is 430. The van der Waals surface area contributed by atoms with Crippen LogP contribution in [-0.4, -0.2) is 28.6 Å². The lowest BCUT2D eigenvalue weighted by molar-refractivity contribution is 0.101. The summed E-state index contributed by atoms with van der Waals surface area (Å²) in [5, 5.41) is 5.45. The van der Waals surface area contributed by atoms with Crippen molar-refractivity contribution in [1.29, 1.82) is 0 Å². The predicted octanol–water partition coefficient (Wildman–Crippen LogP) is 1.66. The molecule has 1 unspecified atom stereocenters. The van der Waals surface area contributed by atoms with E-state index in [2.05, 4.69) is 10.3 Å². The summed E-state index contributed by atoms with van der Waals surface area (Å²) >= 11 is 1.65. The van der Waals surface area contributed by atoms with E-state index >= 15 is 0 Å². The molecule has 0 amide bonds. The highest BCUT2D eigenvalue weighted by Crippen LogP contribution is 2.12. The van der Waals surface area contributed by atoms with E-state index in [4.69, 9.17) is 4.74 Å². The Kier molecular flexibility index (Phi) is 2.90. The van der Waals surface area contributed by atoms with Gasteiger partial charge in [0.1, 0.15) is 0 Å². The van der Waals surface area contributed by atoms with Crippen LogP contribution in [0.25, 0.3) is 4.96 Å². The average molecular weight is 237 g/mol. The van der Waals surface area contributed by atoms with Crippen LogP contribution >= 0.6 is 11.3 Å². The number of hydrogen-bond acceptors (Lipinski definition) is 4. The van der Waals surface area contributed by atoms with E-state index in [1.807, 2.05) is 22.2 Å². The van der Waals surface area contributed by atoms with Crippen LogP contribution in [0.3, 0.4) is 0 Å². The molecular weight excluding hydrogens is 222 g/mol. The third-order valence-electron chi connectivity index (χ3n) is 2.87. The molecule has 86 valence electrons. The summed E-state index contributed by atoms with van der Waals surface area (Å²) in [6.45, 7) is 2.55. The molecule has 1 saturated heterocycles. The van der Waals surface area contributed by atoms with Crippen molar-refractivity contribution in [3.63, 3.8) is 0 Å². The molecule has 3 rings (SSSR count). The fourth-order valence-corrected chi connectivity index (χ4v) is 2.77. The molecule has 0 saturated carbocycles. The summed E-state index contributed by atoms with van der Waals surface area (Å²) in [6.07, 6.45) is 6.56. The molecule has 4 nitrogen and oxygen atoms in total. The highest BCUT2D eigenvalue weighted by atomic mass is 32.1. The maximum absolute atomic E-state index is 5.67. The number of nitrogens with zero attached hydrogens (tertiary/aromatic N) is 2. The molecule has 1 atom stereocenters. The maximum Gasteiger partial charge on any atom is 0.193 e. The molecule has 3 heterocycles. The minimum Gasteiger partial charge on any atom is -0.373 e. The van der Waals surface area contributed by atoms with Crippen LogP contribution in [0.4, 0.5) is 0 Å². The summed E-state index contributed by atoms with van der Waals surface area (Å²) in [6, 6.07) is 0.545. The largest absolute Gasteiger partial charge is 0.373 e. The van der Waals surface area contributed by atoms with E-state index in [1.165, 1.54) is 12.8 Å². The van der Waals surface area contributed by atoms with Gasteiger partial charge in [-0.1, -0.05) is 0 Å². The quantitative estimate of drug-likeness (QED) is 0.879. The second kappa shape index (κ2) is 4.53. The first kappa shape index (κ1) is 10.3. The van der Waals surface area contributed by atoms with Gasteiger partial charge in [0.05, 0.1) is 18.9 Å². The summed E-state index contributed by atoms with van der Waals surface area (Å²) in [5.74, 6) is 0. The smallest absolute Gasteiger partial charge is 0.193 e. The van der Waals surface area contributed by atoms with Crippen molar-refractivity contribution in [2.24, 2.45) is 0 Å². The molecule has 1 fully saturated rings. The van der Waals surface area contributed by atoms with Gasteiger partial charge in [-0.05, 0) is 19.4 Å². The highest BCUT2D eigenvalue weighted by molar-refractivity contribution is 7.15. The van der Waals surface area contributed by atoms with Crippen molar-refractivity contribution < 1.29 is 4.74 Å². The lowest BCUT2D eigenvalue weighted by Crippen LogP contribution is -2.26. The standard InChI is InChI=1S/C11H15N3OS/c1-2-9(12-3-1)7-15-8-10-6-14-4-5-16-11(14)13-10/h4-6,9,12H,1-3,7-8H2. The van der Waals surface area contributed by atoms with Gasteiger partial charge < -0.3 is 10.1 Å². The number of nitrogens with one attached hydrogen (secondary N) is 1. The zero-order valence-corrected chi connectivity index (χ0v) is 9.87.